The highest BCUT2D eigenvalue weighted by atomic mass is 14.9. The van der Waals surface area contributed by atoms with Crippen LogP contribution < -0.4 is 0 Å². The van der Waals surface area contributed by atoms with Crippen LogP contribution in [0.4, 0.5) is 0 Å². The first-order chi connectivity index (χ1) is 11.4. The molecule has 0 saturated carbocycles. The Kier molecular flexibility index (Phi) is 3.48. The van der Waals surface area contributed by atoms with Gasteiger partial charge in [0.15, 0.2) is 5.82 Å². The van der Waals surface area contributed by atoms with Gasteiger partial charge in [0.1, 0.15) is 0 Å². The summed E-state index contributed by atoms with van der Waals surface area (Å²) in [7, 11) is 0. The van der Waals surface area contributed by atoms with Crippen molar-refractivity contribution in [2.45, 2.75) is 6.42 Å². The van der Waals surface area contributed by atoms with Crippen LogP contribution in [0.15, 0.2) is 78.4 Å². The lowest BCUT2D eigenvalue weighted by Gasteiger charge is -2.05. The van der Waals surface area contributed by atoms with Gasteiger partial charge in [0.25, 0.3) is 0 Å². The molecular weight excluding hydrogens is 284 g/mol. The van der Waals surface area contributed by atoms with Gasteiger partial charge in [-0.15, -0.1) is 0 Å². The molecule has 3 aromatic rings. The Balaban J connectivity index is 1.52. The van der Waals surface area contributed by atoms with Crippen molar-refractivity contribution in [3.63, 3.8) is 0 Å². The summed E-state index contributed by atoms with van der Waals surface area (Å²) >= 11 is 0. The third-order valence-electron chi connectivity index (χ3n) is 3.80. The van der Waals surface area contributed by atoms with Crippen molar-refractivity contribution < 1.29 is 0 Å². The highest BCUT2D eigenvalue weighted by Gasteiger charge is 2.14. The molecule has 110 valence electrons. The molecule has 23 heavy (non-hydrogen) atoms. The molecule has 4 rings (SSSR count). The van der Waals surface area contributed by atoms with Crippen LogP contribution >= 0.6 is 0 Å². The molecule has 0 radical (unpaired) electrons. The normalized spacial score (nSPS) is 13.6. The van der Waals surface area contributed by atoms with Crippen LogP contribution in [0, 0.1) is 0 Å². The third kappa shape index (κ3) is 2.79. The van der Waals surface area contributed by atoms with E-state index in [1.165, 1.54) is 0 Å². The highest BCUT2D eigenvalue weighted by molar-refractivity contribution is 6.08. The zero-order valence-electron chi connectivity index (χ0n) is 12.4. The average Bonchev–Trinajstić information content (AvgIpc) is 3.14. The second-order valence-corrected chi connectivity index (χ2v) is 5.30. The van der Waals surface area contributed by atoms with E-state index in [9.17, 15) is 0 Å². The predicted octanol–water partition coefficient (Wildman–Crippen LogP) is 3.77. The fourth-order valence-corrected chi connectivity index (χ4v) is 2.56. The molecule has 0 fully saturated rings. The van der Waals surface area contributed by atoms with Crippen molar-refractivity contribution in [3.8, 4) is 11.4 Å². The maximum absolute atomic E-state index is 4.52. The number of pyridine rings is 1. The highest BCUT2D eigenvalue weighted by Crippen LogP contribution is 2.26. The van der Waals surface area contributed by atoms with Crippen LogP contribution in [0.5, 0.6) is 0 Å². The summed E-state index contributed by atoms with van der Waals surface area (Å²) < 4.78 is 0. The molecule has 2 aromatic heterocycles. The summed E-state index contributed by atoms with van der Waals surface area (Å²) in [6, 6.07) is 13.9. The molecule has 3 heterocycles. The molecule has 4 nitrogen and oxygen atoms in total. The summed E-state index contributed by atoms with van der Waals surface area (Å²) in [6.45, 7) is 0. The van der Waals surface area contributed by atoms with E-state index in [0.717, 1.165) is 40.2 Å². The number of rotatable bonds is 3. The fourth-order valence-electron chi connectivity index (χ4n) is 2.56. The zero-order valence-corrected chi connectivity index (χ0v) is 12.4. The molecule has 1 aliphatic heterocycles. The predicted molar refractivity (Wildman–Crippen MR) is 90.8 cm³/mol. The van der Waals surface area contributed by atoms with Crippen molar-refractivity contribution in [3.05, 3.63) is 84.6 Å². The van der Waals surface area contributed by atoms with Crippen LogP contribution in [0.1, 0.15) is 17.5 Å². The molecule has 0 atom stereocenters. The maximum atomic E-state index is 4.52. The quantitative estimate of drug-likeness (QED) is 0.739. The lowest BCUT2D eigenvalue weighted by Crippen LogP contribution is -1.99. The molecule has 1 aromatic carbocycles. The van der Waals surface area contributed by atoms with Crippen molar-refractivity contribution in [2.75, 3.05) is 0 Å². The second kappa shape index (κ2) is 5.93. The Labute approximate surface area is 134 Å². The summed E-state index contributed by atoms with van der Waals surface area (Å²) in [5, 5.41) is 0. The number of nitrogens with zero attached hydrogens (tertiary/aromatic N) is 4. The van der Waals surface area contributed by atoms with Gasteiger partial charge in [0.05, 0.1) is 5.71 Å². The van der Waals surface area contributed by atoms with E-state index < -0.39 is 0 Å². The van der Waals surface area contributed by atoms with E-state index >= 15 is 0 Å². The van der Waals surface area contributed by atoms with Gasteiger partial charge in [0.2, 0.25) is 0 Å². The van der Waals surface area contributed by atoms with Gasteiger partial charge in [0, 0.05) is 48.5 Å². The molecule has 1 aliphatic rings. The lowest BCUT2D eigenvalue weighted by molar-refractivity contribution is 1.16. The lowest BCUT2D eigenvalue weighted by atomic mass is 10.0. The first kappa shape index (κ1) is 13.5. The van der Waals surface area contributed by atoms with Gasteiger partial charge in [-0.05, 0) is 23.3 Å². The van der Waals surface area contributed by atoms with Gasteiger partial charge < -0.3 is 0 Å². The summed E-state index contributed by atoms with van der Waals surface area (Å²) in [6.07, 6.45) is 9.99. The monoisotopic (exact) mass is 298 g/mol. The number of hydrogen-bond acceptors (Lipinski definition) is 4. The minimum atomic E-state index is 0.739. The SMILES string of the molecule is C1=C(c2cnc(-c3ccccc3)nc2)CC(c2ccncc2)=N1. The largest absolute Gasteiger partial charge is 0.265 e. The number of allylic oxidation sites excluding steroid dienone is 1. The maximum Gasteiger partial charge on any atom is 0.159 e. The van der Waals surface area contributed by atoms with E-state index in [4.69, 9.17) is 0 Å². The minimum Gasteiger partial charge on any atom is -0.265 e. The molecule has 4 heteroatoms. The Morgan fingerprint density at radius 1 is 0.739 bits per heavy atom. The Morgan fingerprint density at radius 2 is 1.48 bits per heavy atom. The van der Waals surface area contributed by atoms with Crippen molar-refractivity contribution in [2.24, 2.45) is 4.99 Å². The average molecular weight is 298 g/mol. The van der Waals surface area contributed by atoms with E-state index in [1.807, 2.05) is 61.1 Å². The van der Waals surface area contributed by atoms with Crippen LogP contribution in [0.2, 0.25) is 0 Å². The smallest absolute Gasteiger partial charge is 0.159 e. The van der Waals surface area contributed by atoms with Gasteiger partial charge in [-0.2, -0.15) is 0 Å². The molecule has 0 amide bonds. The van der Waals surface area contributed by atoms with Crippen LogP contribution in [-0.2, 0) is 0 Å². The first-order valence-corrected chi connectivity index (χ1v) is 7.44. The van der Waals surface area contributed by atoms with E-state index in [1.54, 1.807) is 12.4 Å². The molecule has 0 bridgehead atoms. The molecule has 0 saturated heterocycles. The summed E-state index contributed by atoms with van der Waals surface area (Å²) in [5.41, 5.74) is 5.32. The molecule has 0 N–H and O–H groups in total. The Hall–Kier alpha value is -3.14. The Bertz CT molecular complexity index is 866. The number of aliphatic imine (C=N–C) groups is 1. The molecule has 0 spiro atoms. The number of benzene rings is 1. The fraction of sp³-hybridized carbons (Fsp3) is 0.0526. The third-order valence-corrected chi connectivity index (χ3v) is 3.80. The topological polar surface area (TPSA) is 51.0 Å². The van der Waals surface area contributed by atoms with Crippen molar-refractivity contribution in [1.82, 2.24) is 15.0 Å². The van der Waals surface area contributed by atoms with Crippen molar-refractivity contribution >= 4 is 11.3 Å². The zero-order chi connectivity index (χ0) is 15.5. The molecule has 0 aliphatic carbocycles. The Morgan fingerprint density at radius 3 is 2.22 bits per heavy atom. The number of hydrogen-bond donors (Lipinski definition) is 0. The first-order valence-electron chi connectivity index (χ1n) is 7.44. The van der Waals surface area contributed by atoms with E-state index in [2.05, 4.69) is 19.9 Å². The summed E-state index contributed by atoms with van der Waals surface area (Å²) in [5.74, 6) is 0.739. The van der Waals surface area contributed by atoms with Crippen LogP contribution in [0.25, 0.3) is 17.0 Å². The van der Waals surface area contributed by atoms with Crippen LogP contribution in [0.3, 0.4) is 0 Å². The molecule has 0 unspecified atom stereocenters. The van der Waals surface area contributed by atoms with Crippen LogP contribution in [-0.4, -0.2) is 20.7 Å². The second-order valence-electron chi connectivity index (χ2n) is 5.30. The molecular formula is C19H14N4. The van der Waals surface area contributed by atoms with Gasteiger partial charge in [-0.25, -0.2) is 9.97 Å². The van der Waals surface area contributed by atoms with Gasteiger partial charge in [-0.3, -0.25) is 9.98 Å². The van der Waals surface area contributed by atoms with Crippen molar-refractivity contribution in [1.29, 1.82) is 0 Å². The standard InChI is InChI=1S/C19H14N4/c1-2-4-15(5-3-1)19-22-12-17(13-23-19)16-10-18(21-11-16)14-6-8-20-9-7-14/h1-9,11-13H,10H2. The van der Waals surface area contributed by atoms with Gasteiger partial charge in [-0.1, -0.05) is 30.3 Å². The summed E-state index contributed by atoms with van der Waals surface area (Å²) in [4.78, 5) is 17.5. The van der Waals surface area contributed by atoms with Gasteiger partial charge >= 0.3 is 0 Å². The minimum absolute atomic E-state index is 0.739. The van der Waals surface area contributed by atoms with E-state index in [-0.39, 0.29) is 0 Å². The van der Waals surface area contributed by atoms with E-state index in [0.29, 0.717) is 0 Å². The number of aromatic nitrogens is 3.